The molecule has 1 N–H and O–H groups in total. The van der Waals surface area contributed by atoms with Crippen LogP contribution in [-0.2, 0) is 0 Å². The quantitative estimate of drug-likeness (QED) is 0.515. The minimum Gasteiger partial charge on any atom is -0.395 e. The van der Waals surface area contributed by atoms with E-state index in [1.165, 1.54) is 12.8 Å². The van der Waals surface area contributed by atoms with E-state index < -0.39 is 0 Å². The van der Waals surface area contributed by atoms with E-state index in [0.717, 1.165) is 12.8 Å². The van der Waals surface area contributed by atoms with Gasteiger partial charge >= 0.3 is 0 Å². The van der Waals surface area contributed by atoms with Crippen LogP contribution in [0.2, 0.25) is 0 Å². The second-order valence-electron chi connectivity index (χ2n) is 2.71. The first-order chi connectivity index (χ1) is 5.22. The smallest absolute Gasteiger partial charge is 0.0730 e. The van der Waals surface area contributed by atoms with Gasteiger partial charge in [0.2, 0.25) is 0 Å². The molecule has 0 aromatic heterocycles. The minimum absolute atomic E-state index is 0.0259. The number of aliphatic hydroxyl groups is 1. The first-order valence-electron chi connectivity index (χ1n) is 4.11. The third-order valence-electron chi connectivity index (χ3n) is 1.65. The van der Waals surface area contributed by atoms with Crippen molar-refractivity contribution >= 4 is 23.2 Å². The largest absolute Gasteiger partial charge is 0.395 e. The van der Waals surface area contributed by atoms with E-state index >= 15 is 0 Å². The molecule has 3 heteroatoms. The average Bonchev–Trinajstić information content (AvgIpc) is 2.03. The Morgan fingerprint density at radius 1 is 1.18 bits per heavy atom. The molecule has 0 fully saturated rings. The van der Waals surface area contributed by atoms with E-state index in [9.17, 15) is 0 Å². The van der Waals surface area contributed by atoms with Crippen LogP contribution in [0.3, 0.4) is 0 Å². The maximum absolute atomic E-state index is 8.65. The molecule has 0 saturated carbocycles. The molecule has 0 aliphatic rings. The molecule has 68 valence electrons. The van der Waals surface area contributed by atoms with Crippen LogP contribution in [0.5, 0.6) is 0 Å². The Hall–Kier alpha value is 0.540. The summed E-state index contributed by atoms with van der Waals surface area (Å²) < 4.78 is 0. The molecule has 11 heavy (non-hydrogen) atoms. The number of halogens is 2. The zero-order valence-corrected chi connectivity index (χ0v) is 8.41. The fraction of sp³-hybridized carbons (Fsp3) is 1.00. The third kappa shape index (κ3) is 5.77. The fourth-order valence-electron chi connectivity index (χ4n) is 0.885. The van der Waals surface area contributed by atoms with Gasteiger partial charge in [0, 0.05) is 0 Å². The van der Waals surface area contributed by atoms with Crippen molar-refractivity contribution in [2.45, 2.75) is 43.4 Å². The summed E-state index contributed by atoms with van der Waals surface area (Å²) >= 11 is 11.6. The first-order valence-corrected chi connectivity index (χ1v) is 4.98. The Labute approximate surface area is 78.7 Å². The van der Waals surface area contributed by atoms with E-state index in [1.54, 1.807) is 0 Å². The molecule has 0 aromatic rings. The van der Waals surface area contributed by atoms with Crippen molar-refractivity contribution in [2.75, 3.05) is 6.61 Å². The van der Waals surface area contributed by atoms with Crippen LogP contribution >= 0.6 is 23.2 Å². The van der Waals surface area contributed by atoms with Gasteiger partial charge in [-0.05, 0) is 6.42 Å². The molecule has 0 aromatic carbocycles. The van der Waals surface area contributed by atoms with Gasteiger partial charge in [0.15, 0.2) is 0 Å². The molecule has 0 spiro atoms. The Morgan fingerprint density at radius 3 is 2.27 bits per heavy atom. The SMILES string of the molecule is CCCCCC(Cl)C(Cl)CO. The summed E-state index contributed by atoms with van der Waals surface area (Å²) in [6.45, 7) is 2.12. The molecule has 0 heterocycles. The monoisotopic (exact) mass is 198 g/mol. The van der Waals surface area contributed by atoms with Crippen molar-refractivity contribution in [3.05, 3.63) is 0 Å². The number of aliphatic hydroxyl groups excluding tert-OH is 1. The molecule has 0 amide bonds. The molecule has 2 atom stereocenters. The van der Waals surface area contributed by atoms with Crippen LogP contribution in [0.15, 0.2) is 0 Å². The lowest BCUT2D eigenvalue weighted by molar-refractivity contribution is 0.287. The molecule has 2 unspecified atom stereocenters. The maximum atomic E-state index is 8.65. The third-order valence-corrected chi connectivity index (χ3v) is 2.74. The molecular formula is C8H16Cl2O. The van der Waals surface area contributed by atoms with Crippen molar-refractivity contribution in [3.8, 4) is 0 Å². The van der Waals surface area contributed by atoms with Crippen LogP contribution in [0, 0.1) is 0 Å². The predicted octanol–water partition coefficient (Wildman–Crippen LogP) is 2.77. The molecule has 1 nitrogen and oxygen atoms in total. The summed E-state index contributed by atoms with van der Waals surface area (Å²) in [6, 6.07) is 0. The van der Waals surface area contributed by atoms with E-state index in [4.69, 9.17) is 28.3 Å². The van der Waals surface area contributed by atoms with Crippen LogP contribution in [-0.4, -0.2) is 22.5 Å². The predicted molar refractivity (Wildman–Crippen MR) is 50.5 cm³/mol. The zero-order valence-electron chi connectivity index (χ0n) is 6.89. The second kappa shape index (κ2) is 7.20. The zero-order chi connectivity index (χ0) is 8.69. The number of rotatable bonds is 6. The Morgan fingerprint density at radius 2 is 1.82 bits per heavy atom. The number of unbranched alkanes of at least 4 members (excludes halogenated alkanes) is 2. The van der Waals surface area contributed by atoms with E-state index in [2.05, 4.69) is 6.92 Å². The molecule has 0 rings (SSSR count). The summed E-state index contributed by atoms with van der Waals surface area (Å²) in [7, 11) is 0. The van der Waals surface area contributed by atoms with Gasteiger partial charge < -0.3 is 5.11 Å². The molecule has 0 saturated heterocycles. The molecule has 0 bridgehead atoms. The lowest BCUT2D eigenvalue weighted by Gasteiger charge is -2.12. The Kier molecular flexibility index (Phi) is 7.56. The highest BCUT2D eigenvalue weighted by Crippen LogP contribution is 2.16. The normalized spacial score (nSPS) is 16.4. The van der Waals surface area contributed by atoms with Gasteiger partial charge in [-0.2, -0.15) is 0 Å². The van der Waals surface area contributed by atoms with Gasteiger partial charge in [0.1, 0.15) is 0 Å². The topological polar surface area (TPSA) is 20.2 Å². The Balaban J connectivity index is 3.28. The van der Waals surface area contributed by atoms with Gasteiger partial charge in [-0.3, -0.25) is 0 Å². The summed E-state index contributed by atoms with van der Waals surface area (Å²) in [5.74, 6) is 0. The molecular weight excluding hydrogens is 183 g/mol. The van der Waals surface area contributed by atoms with Crippen LogP contribution in [0.4, 0.5) is 0 Å². The van der Waals surface area contributed by atoms with Gasteiger partial charge in [-0.25, -0.2) is 0 Å². The summed E-state index contributed by atoms with van der Waals surface area (Å²) in [4.78, 5) is 0. The summed E-state index contributed by atoms with van der Waals surface area (Å²) in [5, 5.41) is 8.29. The highest BCUT2D eigenvalue weighted by Gasteiger charge is 2.14. The lowest BCUT2D eigenvalue weighted by atomic mass is 10.1. The average molecular weight is 199 g/mol. The van der Waals surface area contributed by atoms with Crippen molar-refractivity contribution < 1.29 is 5.11 Å². The van der Waals surface area contributed by atoms with Gasteiger partial charge in [-0.1, -0.05) is 26.2 Å². The number of alkyl halides is 2. The van der Waals surface area contributed by atoms with E-state index in [1.807, 2.05) is 0 Å². The number of hydrogen-bond acceptors (Lipinski definition) is 1. The van der Waals surface area contributed by atoms with Gasteiger partial charge in [0.05, 0.1) is 17.4 Å². The van der Waals surface area contributed by atoms with Gasteiger partial charge in [0.25, 0.3) is 0 Å². The van der Waals surface area contributed by atoms with Crippen molar-refractivity contribution in [1.29, 1.82) is 0 Å². The van der Waals surface area contributed by atoms with Crippen molar-refractivity contribution in [2.24, 2.45) is 0 Å². The first kappa shape index (κ1) is 11.5. The summed E-state index contributed by atoms with van der Waals surface area (Å²) in [6.07, 6.45) is 4.39. The molecule has 0 radical (unpaired) electrons. The molecule has 0 aliphatic carbocycles. The van der Waals surface area contributed by atoms with Crippen molar-refractivity contribution in [3.63, 3.8) is 0 Å². The Bertz CT molecular complexity index is 88.2. The van der Waals surface area contributed by atoms with Crippen molar-refractivity contribution in [1.82, 2.24) is 0 Å². The molecule has 0 aliphatic heterocycles. The fourth-order valence-corrected chi connectivity index (χ4v) is 1.24. The minimum atomic E-state index is -0.284. The number of hydrogen-bond donors (Lipinski definition) is 1. The van der Waals surface area contributed by atoms with Crippen LogP contribution in [0.25, 0.3) is 0 Å². The van der Waals surface area contributed by atoms with Gasteiger partial charge in [-0.15, -0.1) is 23.2 Å². The highest BCUT2D eigenvalue weighted by atomic mass is 35.5. The maximum Gasteiger partial charge on any atom is 0.0730 e. The lowest BCUT2D eigenvalue weighted by Crippen LogP contribution is -2.18. The standard InChI is InChI=1S/C8H16Cl2O/c1-2-3-4-5-7(9)8(10)6-11/h7-8,11H,2-6H2,1H3. The summed E-state index contributed by atoms with van der Waals surface area (Å²) in [5.41, 5.74) is 0. The highest BCUT2D eigenvalue weighted by molar-refractivity contribution is 6.30. The van der Waals surface area contributed by atoms with Crippen LogP contribution < -0.4 is 0 Å². The second-order valence-corrected chi connectivity index (χ2v) is 3.83. The van der Waals surface area contributed by atoms with E-state index in [0.29, 0.717) is 0 Å². The van der Waals surface area contributed by atoms with Crippen LogP contribution in [0.1, 0.15) is 32.6 Å². The van der Waals surface area contributed by atoms with E-state index in [-0.39, 0.29) is 17.4 Å².